The predicted molar refractivity (Wildman–Crippen MR) is 75.0 cm³/mol. The van der Waals surface area contributed by atoms with Crippen LogP contribution in [0.3, 0.4) is 0 Å². The van der Waals surface area contributed by atoms with Gasteiger partial charge in [0, 0.05) is 27.3 Å². The zero-order chi connectivity index (χ0) is 11.6. The molecule has 16 heavy (non-hydrogen) atoms. The zero-order valence-corrected chi connectivity index (χ0v) is 12.5. The van der Waals surface area contributed by atoms with Crippen molar-refractivity contribution in [1.82, 2.24) is 5.32 Å². The van der Waals surface area contributed by atoms with Gasteiger partial charge in [-0.15, -0.1) is 11.3 Å². The third-order valence-corrected chi connectivity index (χ3v) is 5.71. The Balaban J connectivity index is 1.79. The molecule has 1 saturated carbocycles. The van der Waals surface area contributed by atoms with Crippen molar-refractivity contribution in [2.24, 2.45) is 5.41 Å². The van der Waals surface area contributed by atoms with Gasteiger partial charge in [-0.1, -0.05) is 19.8 Å². The van der Waals surface area contributed by atoms with Gasteiger partial charge in [0.25, 0.3) is 0 Å². The number of nitrogens with one attached hydrogen (secondary N) is 1. The molecule has 2 rings (SSSR count). The van der Waals surface area contributed by atoms with E-state index in [1.54, 1.807) is 0 Å². The van der Waals surface area contributed by atoms with E-state index in [1.165, 1.54) is 46.5 Å². The largest absolute Gasteiger partial charge is 0.311 e. The average Bonchev–Trinajstić information content (AvgIpc) is 2.76. The molecule has 0 aromatic carbocycles. The summed E-state index contributed by atoms with van der Waals surface area (Å²) in [5.74, 6) is 0. The summed E-state index contributed by atoms with van der Waals surface area (Å²) in [5, 5.41) is 3.61. The highest BCUT2D eigenvalue weighted by molar-refractivity contribution is 9.10. The monoisotopic (exact) mass is 301 g/mol. The van der Waals surface area contributed by atoms with Crippen molar-refractivity contribution in [1.29, 1.82) is 0 Å². The lowest BCUT2D eigenvalue weighted by molar-refractivity contribution is 0.315. The molecule has 1 heterocycles. The molecule has 1 aliphatic carbocycles. The maximum absolute atomic E-state index is 3.61. The molecule has 1 aliphatic rings. The topological polar surface area (TPSA) is 12.0 Å². The second-order valence-corrected chi connectivity index (χ2v) is 7.43. The maximum Gasteiger partial charge on any atom is 0.0314 e. The molecule has 1 N–H and O–H groups in total. The number of hydrogen-bond acceptors (Lipinski definition) is 2. The molecular formula is C13H20BrNS. The van der Waals surface area contributed by atoms with Gasteiger partial charge in [0.15, 0.2) is 0 Å². The molecular weight excluding hydrogens is 282 g/mol. The third-order valence-electron chi connectivity index (χ3n) is 3.57. The van der Waals surface area contributed by atoms with Gasteiger partial charge in [0.1, 0.15) is 0 Å². The zero-order valence-electron chi connectivity index (χ0n) is 10.1. The summed E-state index contributed by atoms with van der Waals surface area (Å²) in [4.78, 5) is 2.81. The van der Waals surface area contributed by atoms with E-state index in [4.69, 9.17) is 0 Å². The molecule has 0 unspecified atom stereocenters. The Hall–Kier alpha value is 0.140. The summed E-state index contributed by atoms with van der Waals surface area (Å²) >= 11 is 5.45. The van der Waals surface area contributed by atoms with E-state index in [0.29, 0.717) is 5.41 Å². The first-order valence-electron chi connectivity index (χ1n) is 6.05. The molecule has 0 amide bonds. The standard InChI is InChI=1S/C13H20BrNS/c1-10-12(14)7-11(16-10)8-15-9-13(2)5-3-4-6-13/h7,15H,3-6,8-9H2,1-2H3. The van der Waals surface area contributed by atoms with E-state index < -0.39 is 0 Å². The third kappa shape index (κ3) is 3.08. The van der Waals surface area contributed by atoms with E-state index >= 15 is 0 Å². The highest BCUT2D eigenvalue weighted by atomic mass is 79.9. The second-order valence-electron chi connectivity index (χ2n) is 5.24. The van der Waals surface area contributed by atoms with Crippen molar-refractivity contribution < 1.29 is 0 Å². The van der Waals surface area contributed by atoms with Crippen LogP contribution in [0.15, 0.2) is 10.5 Å². The first-order valence-corrected chi connectivity index (χ1v) is 7.66. The lowest BCUT2D eigenvalue weighted by Gasteiger charge is -2.23. The lowest BCUT2D eigenvalue weighted by atomic mass is 9.89. The Morgan fingerprint density at radius 3 is 2.69 bits per heavy atom. The van der Waals surface area contributed by atoms with Crippen molar-refractivity contribution in [3.05, 3.63) is 20.3 Å². The highest BCUT2D eigenvalue weighted by Gasteiger charge is 2.27. The molecule has 1 aromatic rings. The molecule has 1 fully saturated rings. The molecule has 3 heteroatoms. The summed E-state index contributed by atoms with van der Waals surface area (Å²) in [6, 6.07) is 2.24. The minimum absolute atomic E-state index is 0.559. The molecule has 0 saturated heterocycles. The van der Waals surface area contributed by atoms with Crippen LogP contribution in [0.1, 0.15) is 42.4 Å². The van der Waals surface area contributed by atoms with Crippen LogP contribution >= 0.6 is 27.3 Å². The molecule has 90 valence electrons. The van der Waals surface area contributed by atoms with Gasteiger partial charge in [-0.2, -0.15) is 0 Å². The highest BCUT2D eigenvalue weighted by Crippen LogP contribution is 2.36. The van der Waals surface area contributed by atoms with Crippen LogP contribution in [-0.4, -0.2) is 6.54 Å². The van der Waals surface area contributed by atoms with Crippen LogP contribution in [-0.2, 0) is 6.54 Å². The number of hydrogen-bond donors (Lipinski definition) is 1. The first-order chi connectivity index (χ1) is 7.59. The number of rotatable bonds is 4. The van der Waals surface area contributed by atoms with Gasteiger partial charge in [-0.3, -0.25) is 0 Å². The van der Waals surface area contributed by atoms with Gasteiger partial charge in [-0.25, -0.2) is 0 Å². The predicted octanol–water partition coefficient (Wildman–Crippen LogP) is 4.49. The van der Waals surface area contributed by atoms with E-state index in [1.807, 2.05) is 11.3 Å². The minimum atomic E-state index is 0.559. The van der Waals surface area contributed by atoms with Crippen molar-refractivity contribution in [3.8, 4) is 0 Å². The molecule has 0 atom stereocenters. The normalized spacial score (nSPS) is 19.2. The minimum Gasteiger partial charge on any atom is -0.311 e. The van der Waals surface area contributed by atoms with E-state index in [-0.39, 0.29) is 0 Å². The SMILES string of the molecule is Cc1sc(CNCC2(C)CCCC2)cc1Br. The van der Waals surface area contributed by atoms with Crippen molar-refractivity contribution in [3.63, 3.8) is 0 Å². The molecule has 0 aliphatic heterocycles. The fourth-order valence-electron chi connectivity index (χ4n) is 2.50. The molecule has 0 radical (unpaired) electrons. The molecule has 1 aromatic heterocycles. The van der Waals surface area contributed by atoms with E-state index in [2.05, 4.69) is 41.2 Å². The Labute approximate surface area is 111 Å². The summed E-state index contributed by atoms with van der Waals surface area (Å²) in [7, 11) is 0. The van der Waals surface area contributed by atoms with Gasteiger partial charge in [0.05, 0.1) is 0 Å². The Bertz CT molecular complexity index is 333. The van der Waals surface area contributed by atoms with Crippen LogP contribution in [0.2, 0.25) is 0 Å². The Morgan fingerprint density at radius 2 is 2.12 bits per heavy atom. The quantitative estimate of drug-likeness (QED) is 0.864. The Morgan fingerprint density at radius 1 is 1.44 bits per heavy atom. The van der Waals surface area contributed by atoms with Gasteiger partial charge < -0.3 is 5.32 Å². The van der Waals surface area contributed by atoms with Crippen LogP contribution in [0.4, 0.5) is 0 Å². The van der Waals surface area contributed by atoms with Crippen molar-refractivity contribution in [2.45, 2.75) is 46.1 Å². The average molecular weight is 302 g/mol. The van der Waals surface area contributed by atoms with Crippen molar-refractivity contribution >= 4 is 27.3 Å². The van der Waals surface area contributed by atoms with E-state index in [0.717, 1.165) is 6.54 Å². The fraction of sp³-hybridized carbons (Fsp3) is 0.692. The summed E-state index contributed by atoms with van der Waals surface area (Å²) in [6.45, 7) is 6.77. The van der Waals surface area contributed by atoms with Crippen LogP contribution < -0.4 is 5.32 Å². The van der Waals surface area contributed by atoms with Gasteiger partial charge >= 0.3 is 0 Å². The fourth-order valence-corrected chi connectivity index (χ4v) is 4.07. The second kappa shape index (κ2) is 5.19. The molecule has 0 bridgehead atoms. The smallest absolute Gasteiger partial charge is 0.0314 e. The van der Waals surface area contributed by atoms with Gasteiger partial charge in [0.2, 0.25) is 0 Å². The summed E-state index contributed by atoms with van der Waals surface area (Å²) < 4.78 is 1.25. The van der Waals surface area contributed by atoms with Crippen LogP contribution in [0, 0.1) is 12.3 Å². The summed E-state index contributed by atoms with van der Waals surface area (Å²) in [5.41, 5.74) is 0.559. The summed E-state index contributed by atoms with van der Waals surface area (Å²) in [6.07, 6.45) is 5.63. The van der Waals surface area contributed by atoms with E-state index in [9.17, 15) is 0 Å². The first kappa shape index (κ1) is 12.6. The lowest BCUT2D eigenvalue weighted by Crippen LogP contribution is -2.28. The molecule has 1 nitrogen and oxygen atoms in total. The van der Waals surface area contributed by atoms with Crippen molar-refractivity contribution in [2.75, 3.05) is 6.54 Å². The van der Waals surface area contributed by atoms with Crippen LogP contribution in [0.25, 0.3) is 0 Å². The number of aryl methyl sites for hydroxylation is 1. The number of thiophene rings is 1. The van der Waals surface area contributed by atoms with Gasteiger partial charge in [-0.05, 0) is 47.2 Å². The number of halogens is 1. The Kier molecular flexibility index (Phi) is 4.09. The maximum atomic E-state index is 3.61. The van der Waals surface area contributed by atoms with Crippen LogP contribution in [0.5, 0.6) is 0 Å². The molecule has 0 spiro atoms.